The lowest BCUT2D eigenvalue weighted by Gasteiger charge is -2.24. The monoisotopic (exact) mass is 705 g/mol. The minimum atomic E-state index is -0.565. The number of amidine groups is 2. The number of furan rings is 1. The quantitative estimate of drug-likeness (QED) is 0.179. The van der Waals surface area contributed by atoms with Gasteiger partial charge in [-0.1, -0.05) is 200 Å². The van der Waals surface area contributed by atoms with Crippen molar-refractivity contribution in [1.29, 1.82) is 0 Å². The molecule has 1 aliphatic heterocycles. The van der Waals surface area contributed by atoms with Crippen LogP contribution in [0.3, 0.4) is 0 Å². The summed E-state index contributed by atoms with van der Waals surface area (Å²) < 4.78 is 7.11. The molecule has 8 aromatic carbocycles. The van der Waals surface area contributed by atoms with Gasteiger partial charge in [-0.25, -0.2) is 9.98 Å². The topological polar surface area (TPSA) is 49.9 Å². The average molecular weight is 706 g/mol. The zero-order valence-electron chi connectivity index (χ0n) is 29.9. The largest absolute Gasteiger partial charge is 0.455 e. The molecule has 0 saturated heterocycles. The molecule has 260 valence electrons. The molecule has 10 rings (SSSR count). The van der Waals surface area contributed by atoms with Crippen LogP contribution in [0.2, 0.25) is 0 Å². The molecule has 55 heavy (non-hydrogen) atoms. The highest BCUT2D eigenvalue weighted by Crippen LogP contribution is 2.46. The zero-order valence-corrected chi connectivity index (χ0v) is 29.9. The van der Waals surface area contributed by atoms with Gasteiger partial charge in [-0.15, -0.1) is 0 Å². The minimum absolute atomic E-state index is 0.565. The van der Waals surface area contributed by atoms with E-state index in [0.717, 1.165) is 89.2 Å². The van der Waals surface area contributed by atoms with E-state index in [1.807, 2.05) is 30.3 Å². The summed E-state index contributed by atoms with van der Waals surface area (Å²) in [6, 6.07) is 69.7. The zero-order chi connectivity index (χ0) is 36.6. The molecule has 1 aromatic heterocycles. The molecule has 0 bridgehead atoms. The van der Waals surface area contributed by atoms with E-state index in [1.54, 1.807) is 0 Å². The Balaban J connectivity index is 1.22. The molecule has 1 aliphatic rings. The van der Waals surface area contributed by atoms with Gasteiger partial charge in [-0.3, -0.25) is 0 Å². The molecule has 4 heteroatoms. The number of hydrogen-bond donors (Lipinski definition) is 1. The van der Waals surface area contributed by atoms with Crippen molar-refractivity contribution < 1.29 is 4.42 Å². The number of nitrogens with zero attached hydrogens (tertiary/aromatic N) is 2. The smallest absolute Gasteiger partial charge is 0.170 e. The Morgan fingerprint density at radius 1 is 0.345 bits per heavy atom. The molecule has 2 heterocycles. The predicted octanol–water partition coefficient (Wildman–Crippen LogP) is 12.7. The van der Waals surface area contributed by atoms with Gasteiger partial charge in [0.2, 0.25) is 0 Å². The molecule has 9 aromatic rings. The van der Waals surface area contributed by atoms with Crippen molar-refractivity contribution in [1.82, 2.24) is 5.32 Å². The van der Waals surface area contributed by atoms with Crippen LogP contribution in [0.25, 0.3) is 66.4 Å². The highest BCUT2D eigenvalue weighted by atomic mass is 16.3. The van der Waals surface area contributed by atoms with Crippen molar-refractivity contribution in [2.45, 2.75) is 6.17 Å². The van der Waals surface area contributed by atoms with Gasteiger partial charge in [-0.2, -0.15) is 0 Å². The van der Waals surface area contributed by atoms with E-state index < -0.39 is 6.17 Å². The Morgan fingerprint density at radius 2 is 0.800 bits per heavy atom. The summed E-state index contributed by atoms with van der Waals surface area (Å²) in [4.78, 5) is 10.7. The molecule has 0 radical (unpaired) electrons. The second kappa shape index (κ2) is 13.9. The number of fused-ring (bicyclic) bond motifs is 3. The molecule has 0 saturated carbocycles. The van der Waals surface area contributed by atoms with Gasteiger partial charge in [0.05, 0.1) is 0 Å². The summed E-state index contributed by atoms with van der Waals surface area (Å²) in [5.74, 6) is 1.53. The normalized spacial score (nSPS) is 14.0. The predicted molar refractivity (Wildman–Crippen MR) is 227 cm³/mol. The molecule has 0 amide bonds. The lowest BCUT2D eigenvalue weighted by atomic mass is 9.89. The van der Waals surface area contributed by atoms with E-state index in [4.69, 9.17) is 14.4 Å². The first-order valence-corrected chi connectivity index (χ1v) is 18.6. The maximum atomic E-state index is 7.11. The van der Waals surface area contributed by atoms with Gasteiger partial charge < -0.3 is 9.73 Å². The fourth-order valence-electron chi connectivity index (χ4n) is 7.72. The van der Waals surface area contributed by atoms with Gasteiger partial charge in [0.25, 0.3) is 0 Å². The first-order chi connectivity index (χ1) is 27.3. The Labute approximate surface area is 319 Å². The maximum Gasteiger partial charge on any atom is 0.170 e. The molecule has 4 nitrogen and oxygen atoms in total. The van der Waals surface area contributed by atoms with E-state index in [1.165, 1.54) is 5.56 Å². The van der Waals surface area contributed by atoms with Gasteiger partial charge in [0.15, 0.2) is 6.17 Å². The lowest BCUT2D eigenvalue weighted by molar-refractivity contribution is 0.668. The molecule has 0 spiro atoms. The standard InChI is InChI=1S/C51H35N3O/c1-5-16-34(17-6-1)35-28-30-39(31-29-35)50-52-49(38-22-11-4-12-23-38)53-51(54-50)45-33-32-44-43-27-15-26-41(37-20-9-3-10-21-37)47(43)55-48(44)46(45)42-25-14-13-24-40(42)36-18-7-2-8-19-36/h1-33,51H,(H,52,53,54). The van der Waals surface area contributed by atoms with Crippen molar-refractivity contribution >= 4 is 33.6 Å². The van der Waals surface area contributed by atoms with Crippen LogP contribution in [0.15, 0.2) is 215 Å². The van der Waals surface area contributed by atoms with Crippen molar-refractivity contribution in [2.24, 2.45) is 9.98 Å². The van der Waals surface area contributed by atoms with Crippen LogP contribution in [0.5, 0.6) is 0 Å². The highest BCUT2D eigenvalue weighted by Gasteiger charge is 2.27. The van der Waals surface area contributed by atoms with Crippen molar-refractivity contribution in [3.05, 3.63) is 217 Å². The van der Waals surface area contributed by atoms with Crippen molar-refractivity contribution in [2.75, 3.05) is 0 Å². The molecule has 1 N–H and O–H groups in total. The first kappa shape index (κ1) is 32.4. The van der Waals surface area contributed by atoms with Gasteiger partial charge >= 0.3 is 0 Å². The molecule has 0 fully saturated rings. The summed E-state index contributed by atoms with van der Waals surface area (Å²) in [5, 5.41) is 5.73. The Morgan fingerprint density at radius 3 is 1.44 bits per heavy atom. The number of nitrogens with one attached hydrogen (secondary N) is 1. The van der Waals surface area contributed by atoms with E-state index >= 15 is 0 Å². The SMILES string of the molecule is c1ccc(C2=NC(c3ccc4c(oc5c(-c6ccccc6)cccc54)c3-c3ccccc3-c3ccccc3)N=C(c3ccc(-c4ccccc4)cc3)N2)cc1. The number of rotatable bonds is 7. The van der Waals surface area contributed by atoms with Crippen molar-refractivity contribution in [3.8, 4) is 44.5 Å². The van der Waals surface area contributed by atoms with Crippen LogP contribution in [0.1, 0.15) is 22.9 Å². The summed E-state index contributed by atoms with van der Waals surface area (Å²) in [5.41, 5.74) is 13.4. The maximum absolute atomic E-state index is 7.11. The fourth-order valence-corrected chi connectivity index (χ4v) is 7.72. The fraction of sp³-hybridized carbons (Fsp3) is 0.0196. The minimum Gasteiger partial charge on any atom is -0.455 e. The molecule has 0 aliphatic carbocycles. The van der Waals surface area contributed by atoms with Gasteiger partial charge in [0, 0.05) is 38.6 Å². The van der Waals surface area contributed by atoms with Gasteiger partial charge in [0.1, 0.15) is 22.8 Å². The van der Waals surface area contributed by atoms with E-state index in [0.29, 0.717) is 0 Å². The highest BCUT2D eigenvalue weighted by molar-refractivity contribution is 6.17. The summed E-state index contributed by atoms with van der Waals surface area (Å²) in [6.07, 6.45) is -0.565. The summed E-state index contributed by atoms with van der Waals surface area (Å²) in [6.45, 7) is 0. The van der Waals surface area contributed by atoms with Crippen LogP contribution in [0, 0.1) is 0 Å². The number of aliphatic imine (C=N–C) groups is 2. The second-order valence-corrected chi connectivity index (χ2v) is 13.7. The van der Waals surface area contributed by atoms with Crippen molar-refractivity contribution in [3.63, 3.8) is 0 Å². The Hall–Kier alpha value is -7.30. The molecular formula is C51H35N3O. The lowest BCUT2D eigenvalue weighted by Crippen LogP contribution is -2.36. The molecular weight excluding hydrogens is 671 g/mol. The van der Waals surface area contributed by atoms with Gasteiger partial charge in [-0.05, 0) is 33.4 Å². The molecule has 1 unspecified atom stereocenters. The van der Waals surface area contributed by atoms with E-state index in [9.17, 15) is 0 Å². The van der Waals surface area contributed by atoms with Crippen LogP contribution >= 0.6 is 0 Å². The third-order valence-electron chi connectivity index (χ3n) is 10.4. The van der Waals surface area contributed by atoms with Crippen LogP contribution in [-0.2, 0) is 0 Å². The first-order valence-electron chi connectivity index (χ1n) is 18.6. The van der Waals surface area contributed by atoms with E-state index in [-0.39, 0.29) is 0 Å². The Bertz CT molecular complexity index is 2860. The third kappa shape index (κ3) is 6.00. The Kier molecular flexibility index (Phi) is 8.19. The third-order valence-corrected chi connectivity index (χ3v) is 10.4. The van der Waals surface area contributed by atoms with Crippen LogP contribution in [-0.4, -0.2) is 11.7 Å². The number of hydrogen-bond acceptors (Lipinski definition) is 4. The van der Waals surface area contributed by atoms with E-state index in [2.05, 4.69) is 175 Å². The average Bonchev–Trinajstić information content (AvgIpc) is 3.66. The molecule has 1 atom stereocenters. The van der Waals surface area contributed by atoms with Crippen LogP contribution in [0.4, 0.5) is 0 Å². The number of benzene rings is 8. The second-order valence-electron chi connectivity index (χ2n) is 13.7. The van der Waals surface area contributed by atoms with Crippen LogP contribution < -0.4 is 5.32 Å². The number of para-hydroxylation sites is 1. The summed E-state index contributed by atoms with van der Waals surface area (Å²) >= 11 is 0. The summed E-state index contributed by atoms with van der Waals surface area (Å²) in [7, 11) is 0.